The van der Waals surface area contributed by atoms with Gasteiger partial charge in [0.1, 0.15) is 5.82 Å². The molecule has 0 saturated heterocycles. The lowest BCUT2D eigenvalue weighted by Crippen LogP contribution is -2.24. The van der Waals surface area contributed by atoms with Crippen LogP contribution in [0.5, 0.6) is 0 Å². The van der Waals surface area contributed by atoms with E-state index in [4.69, 9.17) is 0 Å². The Morgan fingerprint density at radius 3 is 2.43 bits per heavy atom. The highest BCUT2D eigenvalue weighted by Gasteiger charge is 2.17. The molecule has 30 heavy (non-hydrogen) atoms. The molecule has 0 saturated carbocycles. The number of thioether (sulfide) groups is 1. The van der Waals surface area contributed by atoms with Crippen LogP contribution in [0.3, 0.4) is 0 Å². The molecule has 6 nitrogen and oxygen atoms in total. The number of pyridine rings is 1. The van der Waals surface area contributed by atoms with Gasteiger partial charge in [-0.3, -0.25) is 14.3 Å². The van der Waals surface area contributed by atoms with E-state index in [2.05, 4.69) is 20.5 Å². The number of hydrogen-bond acceptors (Lipinski definition) is 5. The topological polar surface area (TPSA) is 72.7 Å². The molecule has 8 heteroatoms. The van der Waals surface area contributed by atoms with Gasteiger partial charge in [0.05, 0.1) is 5.75 Å². The molecule has 0 bridgehead atoms. The van der Waals surface area contributed by atoms with Gasteiger partial charge in [0.2, 0.25) is 5.91 Å². The Hall–Kier alpha value is -3.52. The van der Waals surface area contributed by atoms with E-state index in [-0.39, 0.29) is 17.5 Å². The van der Waals surface area contributed by atoms with E-state index < -0.39 is 0 Å². The van der Waals surface area contributed by atoms with Crippen molar-refractivity contribution in [2.24, 2.45) is 0 Å². The number of benzene rings is 2. The number of nitrogens with one attached hydrogen (secondary N) is 1. The van der Waals surface area contributed by atoms with Gasteiger partial charge in [-0.05, 0) is 42.0 Å². The van der Waals surface area contributed by atoms with Crippen molar-refractivity contribution in [1.82, 2.24) is 25.1 Å². The van der Waals surface area contributed by atoms with Crippen LogP contribution < -0.4 is 5.32 Å². The summed E-state index contributed by atoms with van der Waals surface area (Å²) in [6.07, 6.45) is 3.41. The molecule has 0 radical (unpaired) electrons. The molecule has 0 unspecified atom stereocenters. The summed E-state index contributed by atoms with van der Waals surface area (Å²) in [5, 5.41) is 12.1. The molecule has 150 valence electrons. The monoisotopic (exact) mass is 419 g/mol. The number of aromatic nitrogens is 4. The van der Waals surface area contributed by atoms with Crippen molar-refractivity contribution in [3.05, 3.63) is 90.5 Å². The van der Waals surface area contributed by atoms with Gasteiger partial charge in [-0.1, -0.05) is 42.1 Å². The van der Waals surface area contributed by atoms with E-state index in [0.29, 0.717) is 17.5 Å². The summed E-state index contributed by atoms with van der Waals surface area (Å²) in [6, 6.07) is 19.5. The Morgan fingerprint density at radius 1 is 0.967 bits per heavy atom. The Kier molecular flexibility index (Phi) is 6.14. The Labute approximate surface area is 177 Å². The molecule has 0 aliphatic rings. The van der Waals surface area contributed by atoms with Crippen molar-refractivity contribution in [1.29, 1.82) is 0 Å². The molecule has 2 heterocycles. The second-order valence-corrected chi connectivity index (χ2v) is 7.35. The molecule has 2 aromatic heterocycles. The molecular weight excluding hydrogens is 401 g/mol. The van der Waals surface area contributed by atoms with Crippen LogP contribution in [0.25, 0.3) is 17.1 Å². The zero-order chi connectivity index (χ0) is 20.8. The lowest BCUT2D eigenvalue weighted by molar-refractivity contribution is -0.118. The first-order valence-corrected chi connectivity index (χ1v) is 10.2. The van der Waals surface area contributed by atoms with Gasteiger partial charge in [0.25, 0.3) is 0 Å². The van der Waals surface area contributed by atoms with Crippen molar-refractivity contribution < 1.29 is 9.18 Å². The van der Waals surface area contributed by atoms with E-state index >= 15 is 0 Å². The number of para-hydroxylation sites is 1. The van der Waals surface area contributed by atoms with E-state index in [1.165, 1.54) is 23.9 Å². The Bertz CT molecular complexity index is 1120. The molecule has 1 N–H and O–H groups in total. The first-order valence-electron chi connectivity index (χ1n) is 9.26. The summed E-state index contributed by atoms with van der Waals surface area (Å²) in [4.78, 5) is 16.4. The van der Waals surface area contributed by atoms with E-state index in [0.717, 1.165) is 16.8 Å². The molecule has 0 spiro atoms. The molecule has 0 fully saturated rings. The molecule has 2 aromatic carbocycles. The van der Waals surface area contributed by atoms with Crippen LogP contribution in [-0.4, -0.2) is 31.4 Å². The fraction of sp³-hybridized carbons (Fsp3) is 0.0909. The minimum absolute atomic E-state index is 0.141. The van der Waals surface area contributed by atoms with E-state index in [1.807, 2.05) is 47.0 Å². The summed E-state index contributed by atoms with van der Waals surface area (Å²) in [6.45, 7) is 0.341. The highest BCUT2D eigenvalue weighted by molar-refractivity contribution is 7.99. The fourth-order valence-corrected chi connectivity index (χ4v) is 3.63. The number of carbonyl (C=O) groups excluding carboxylic acids is 1. The molecule has 4 rings (SSSR count). The van der Waals surface area contributed by atoms with E-state index in [1.54, 1.807) is 24.5 Å². The lowest BCUT2D eigenvalue weighted by atomic mass is 10.2. The average molecular weight is 419 g/mol. The van der Waals surface area contributed by atoms with Gasteiger partial charge in [0.15, 0.2) is 11.0 Å². The number of carbonyl (C=O) groups is 1. The normalized spacial score (nSPS) is 10.7. The zero-order valence-corrected chi connectivity index (χ0v) is 16.7. The standard InChI is InChI=1S/C22H18FN5OS/c23-18-8-6-16(7-9-18)14-25-20(29)15-30-22-27-26-21(17-10-12-24-13-11-17)28(22)19-4-2-1-3-5-19/h1-13H,14-15H2,(H,25,29). The highest BCUT2D eigenvalue weighted by Crippen LogP contribution is 2.27. The Morgan fingerprint density at radius 2 is 1.70 bits per heavy atom. The maximum absolute atomic E-state index is 13.0. The summed E-state index contributed by atoms with van der Waals surface area (Å²) < 4.78 is 14.9. The molecular formula is C22H18FN5OS. The Balaban J connectivity index is 1.49. The molecule has 1 amide bonds. The third kappa shape index (κ3) is 4.72. The third-order valence-corrected chi connectivity index (χ3v) is 5.25. The first kappa shape index (κ1) is 19.8. The van der Waals surface area contributed by atoms with Gasteiger partial charge in [0, 0.05) is 30.2 Å². The SMILES string of the molecule is O=C(CSc1nnc(-c2ccncc2)n1-c1ccccc1)NCc1ccc(F)cc1. The molecule has 0 atom stereocenters. The van der Waals surface area contributed by atoms with Gasteiger partial charge < -0.3 is 5.32 Å². The van der Waals surface area contributed by atoms with Crippen LogP contribution in [-0.2, 0) is 11.3 Å². The highest BCUT2D eigenvalue weighted by atomic mass is 32.2. The zero-order valence-electron chi connectivity index (χ0n) is 15.9. The van der Waals surface area contributed by atoms with Crippen LogP contribution in [0.15, 0.2) is 84.3 Å². The first-order chi connectivity index (χ1) is 14.7. The lowest BCUT2D eigenvalue weighted by Gasteiger charge is -2.10. The van der Waals surface area contributed by atoms with Crippen LogP contribution in [0, 0.1) is 5.82 Å². The summed E-state index contributed by atoms with van der Waals surface area (Å²) in [5.41, 5.74) is 2.62. The second-order valence-electron chi connectivity index (χ2n) is 6.40. The second kappa shape index (κ2) is 9.32. The van der Waals surface area contributed by atoms with E-state index in [9.17, 15) is 9.18 Å². The number of nitrogens with zero attached hydrogens (tertiary/aromatic N) is 4. The van der Waals surface area contributed by atoms with Crippen LogP contribution in [0.1, 0.15) is 5.56 Å². The summed E-state index contributed by atoms with van der Waals surface area (Å²) in [5.74, 6) is 0.420. The molecule has 0 aliphatic carbocycles. The van der Waals surface area contributed by atoms with Crippen LogP contribution >= 0.6 is 11.8 Å². The predicted octanol–water partition coefficient (Wildman–Crippen LogP) is 3.88. The summed E-state index contributed by atoms with van der Waals surface area (Å²) in [7, 11) is 0. The maximum Gasteiger partial charge on any atom is 0.230 e. The fourth-order valence-electron chi connectivity index (χ4n) is 2.85. The van der Waals surface area contributed by atoms with Crippen LogP contribution in [0.4, 0.5) is 4.39 Å². The maximum atomic E-state index is 13.0. The van der Waals surface area contributed by atoms with Gasteiger partial charge >= 0.3 is 0 Å². The van der Waals surface area contributed by atoms with Crippen LogP contribution in [0.2, 0.25) is 0 Å². The molecule has 0 aliphatic heterocycles. The third-order valence-electron chi connectivity index (χ3n) is 4.32. The van der Waals surface area contributed by atoms with Crippen molar-refractivity contribution in [3.8, 4) is 17.1 Å². The van der Waals surface area contributed by atoms with Crippen molar-refractivity contribution in [2.75, 3.05) is 5.75 Å². The van der Waals surface area contributed by atoms with Crippen molar-refractivity contribution >= 4 is 17.7 Å². The van der Waals surface area contributed by atoms with Gasteiger partial charge in [-0.15, -0.1) is 10.2 Å². The van der Waals surface area contributed by atoms with Gasteiger partial charge in [-0.25, -0.2) is 4.39 Å². The quantitative estimate of drug-likeness (QED) is 0.460. The number of hydrogen-bond donors (Lipinski definition) is 1. The van der Waals surface area contributed by atoms with Gasteiger partial charge in [-0.2, -0.15) is 0 Å². The average Bonchev–Trinajstić information content (AvgIpc) is 3.22. The summed E-state index contributed by atoms with van der Waals surface area (Å²) >= 11 is 1.30. The van der Waals surface area contributed by atoms with Crippen molar-refractivity contribution in [3.63, 3.8) is 0 Å². The minimum Gasteiger partial charge on any atom is -0.351 e. The number of rotatable bonds is 7. The van der Waals surface area contributed by atoms with Crippen molar-refractivity contribution in [2.45, 2.75) is 11.7 Å². The minimum atomic E-state index is -0.300. The molecule has 4 aromatic rings. The smallest absolute Gasteiger partial charge is 0.230 e. The number of amides is 1. The number of halogens is 1. The largest absolute Gasteiger partial charge is 0.351 e. The predicted molar refractivity (Wildman–Crippen MR) is 114 cm³/mol.